The number of ether oxygens (including phenoxy) is 1. The number of nitrogens with zero attached hydrogens (tertiary/aromatic N) is 2. The van der Waals surface area contributed by atoms with E-state index in [0.717, 1.165) is 54.0 Å². The van der Waals surface area contributed by atoms with Gasteiger partial charge in [0, 0.05) is 59.5 Å². The molecule has 1 aliphatic rings. The van der Waals surface area contributed by atoms with Crippen LogP contribution in [0.4, 0.5) is 11.4 Å². The maximum absolute atomic E-state index is 12.9. The molecule has 1 fully saturated rings. The van der Waals surface area contributed by atoms with Crippen LogP contribution in [0.1, 0.15) is 27.0 Å². The van der Waals surface area contributed by atoms with Crippen molar-refractivity contribution in [2.75, 3.05) is 36.9 Å². The van der Waals surface area contributed by atoms with Gasteiger partial charge in [-0.2, -0.15) is 0 Å². The summed E-state index contributed by atoms with van der Waals surface area (Å²) in [6.45, 7) is 6.01. The maximum atomic E-state index is 12.9. The highest BCUT2D eigenvalue weighted by atomic mass is 79.9. The van der Waals surface area contributed by atoms with Crippen molar-refractivity contribution in [2.45, 2.75) is 13.5 Å². The average molecular weight is 535 g/mol. The molecule has 35 heavy (non-hydrogen) atoms. The van der Waals surface area contributed by atoms with E-state index >= 15 is 0 Å². The molecule has 1 aromatic heterocycles. The number of aromatic nitrogens is 1. The van der Waals surface area contributed by atoms with Gasteiger partial charge in [0.1, 0.15) is 0 Å². The third-order valence-electron chi connectivity index (χ3n) is 5.68. The number of morpholine rings is 1. The highest BCUT2D eigenvalue weighted by Gasteiger charge is 2.14. The lowest BCUT2D eigenvalue weighted by molar-refractivity contribution is -0.111. The minimum absolute atomic E-state index is 0.221. The van der Waals surface area contributed by atoms with Crippen molar-refractivity contribution in [1.29, 1.82) is 0 Å². The van der Waals surface area contributed by atoms with Gasteiger partial charge in [-0.05, 0) is 60.0 Å². The van der Waals surface area contributed by atoms with Crippen molar-refractivity contribution in [3.05, 3.63) is 93.7 Å². The first-order valence-electron chi connectivity index (χ1n) is 11.4. The molecule has 0 bridgehead atoms. The van der Waals surface area contributed by atoms with Gasteiger partial charge in [0.25, 0.3) is 5.91 Å². The molecule has 2 heterocycles. The number of hydrogen-bond donors (Lipinski definition) is 2. The number of carbonyl (C=O) groups is 2. The zero-order valence-electron chi connectivity index (χ0n) is 19.5. The lowest BCUT2D eigenvalue weighted by Crippen LogP contribution is -2.35. The summed E-state index contributed by atoms with van der Waals surface area (Å²) >= 11 is 3.61. The smallest absolute Gasteiger partial charge is 0.255 e. The van der Waals surface area contributed by atoms with Gasteiger partial charge in [-0.15, -0.1) is 0 Å². The van der Waals surface area contributed by atoms with Gasteiger partial charge >= 0.3 is 0 Å². The summed E-state index contributed by atoms with van der Waals surface area (Å²) in [5.41, 5.74) is 4.63. The van der Waals surface area contributed by atoms with E-state index in [1.54, 1.807) is 24.5 Å². The van der Waals surface area contributed by atoms with Crippen LogP contribution in [0.25, 0.3) is 6.08 Å². The SMILES string of the molecule is Cc1ccc(NC(=O)c2ccc(CN3CCOCC3)c(Br)c2)cc1NC(=O)C=Cc1cccnc1. The van der Waals surface area contributed by atoms with E-state index in [2.05, 4.69) is 36.4 Å². The first-order valence-corrected chi connectivity index (χ1v) is 12.2. The molecule has 0 spiro atoms. The van der Waals surface area contributed by atoms with Crippen molar-refractivity contribution < 1.29 is 14.3 Å². The first kappa shape index (κ1) is 24.8. The Hall–Kier alpha value is -3.33. The Morgan fingerprint density at radius 1 is 1.11 bits per heavy atom. The van der Waals surface area contributed by atoms with Crippen LogP contribution in [-0.4, -0.2) is 48.0 Å². The predicted molar refractivity (Wildman–Crippen MR) is 141 cm³/mol. The Morgan fingerprint density at radius 2 is 1.94 bits per heavy atom. The predicted octanol–water partition coefficient (Wildman–Crippen LogP) is 4.89. The Kier molecular flexibility index (Phi) is 8.41. The molecule has 0 aliphatic carbocycles. The summed E-state index contributed by atoms with van der Waals surface area (Å²) in [5, 5.41) is 5.79. The second kappa shape index (κ2) is 11.9. The Balaban J connectivity index is 1.39. The molecule has 0 radical (unpaired) electrons. The van der Waals surface area contributed by atoms with E-state index < -0.39 is 0 Å². The molecule has 4 rings (SSSR count). The third-order valence-corrected chi connectivity index (χ3v) is 6.42. The standard InChI is InChI=1S/C27H27BrN4O3/c1-19-4-8-23(16-25(19)31-26(33)9-5-20-3-2-10-29-17-20)30-27(34)21-6-7-22(24(28)15-21)18-32-11-13-35-14-12-32/h2-10,15-17H,11-14,18H2,1H3,(H,30,34)(H,31,33). The molecule has 8 heteroatoms. The second-order valence-corrected chi connectivity index (χ2v) is 9.14. The fraction of sp³-hybridized carbons (Fsp3) is 0.222. The number of benzene rings is 2. The van der Waals surface area contributed by atoms with E-state index in [-0.39, 0.29) is 11.8 Å². The van der Waals surface area contributed by atoms with Crippen LogP contribution in [0.15, 0.2) is 71.5 Å². The molecule has 1 saturated heterocycles. The highest BCUT2D eigenvalue weighted by Crippen LogP contribution is 2.24. The Bertz CT molecular complexity index is 1220. The summed E-state index contributed by atoms with van der Waals surface area (Å²) < 4.78 is 6.30. The van der Waals surface area contributed by atoms with Gasteiger partial charge in [-0.25, -0.2) is 0 Å². The minimum Gasteiger partial charge on any atom is -0.379 e. The van der Waals surface area contributed by atoms with E-state index in [4.69, 9.17) is 4.74 Å². The van der Waals surface area contributed by atoms with Gasteiger partial charge in [0.2, 0.25) is 5.91 Å². The number of halogens is 1. The highest BCUT2D eigenvalue weighted by molar-refractivity contribution is 9.10. The van der Waals surface area contributed by atoms with E-state index in [0.29, 0.717) is 16.9 Å². The van der Waals surface area contributed by atoms with Crippen LogP contribution < -0.4 is 10.6 Å². The zero-order chi connectivity index (χ0) is 24.6. The molecular weight excluding hydrogens is 508 g/mol. The summed E-state index contributed by atoms with van der Waals surface area (Å²) in [7, 11) is 0. The number of anilines is 2. The quantitative estimate of drug-likeness (QED) is 0.421. The van der Waals surface area contributed by atoms with E-state index in [9.17, 15) is 9.59 Å². The molecule has 180 valence electrons. The van der Waals surface area contributed by atoms with Crippen LogP contribution in [0.3, 0.4) is 0 Å². The van der Waals surface area contributed by atoms with Gasteiger partial charge < -0.3 is 15.4 Å². The van der Waals surface area contributed by atoms with Crippen molar-refractivity contribution in [2.24, 2.45) is 0 Å². The molecule has 7 nitrogen and oxygen atoms in total. The van der Waals surface area contributed by atoms with Crippen LogP contribution in [0, 0.1) is 6.92 Å². The summed E-state index contributed by atoms with van der Waals surface area (Å²) in [6, 6.07) is 14.7. The third kappa shape index (κ3) is 7.08. The molecule has 2 amide bonds. The minimum atomic E-state index is -0.264. The molecular formula is C27H27BrN4O3. The average Bonchev–Trinajstić information content (AvgIpc) is 2.87. The maximum Gasteiger partial charge on any atom is 0.255 e. The van der Waals surface area contributed by atoms with Gasteiger partial charge in [0.05, 0.1) is 13.2 Å². The molecule has 3 aromatic rings. The summed E-state index contributed by atoms with van der Waals surface area (Å²) in [4.78, 5) is 31.6. The lowest BCUT2D eigenvalue weighted by Gasteiger charge is -2.27. The Labute approximate surface area is 213 Å². The molecule has 2 aromatic carbocycles. The monoisotopic (exact) mass is 534 g/mol. The summed E-state index contributed by atoms with van der Waals surface area (Å²) in [5.74, 6) is -0.485. The molecule has 0 saturated carbocycles. The van der Waals surface area contributed by atoms with Crippen LogP contribution in [0.2, 0.25) is 0 Å². The van der Waals surface area contributed by atoms with Crippen LogP contribution in [0.5, 0.6) is 0 Å². The molecule has 0 unspecified atom stereocenters. The number of carbonyl (C=O) groups excluding carboxylic acids is 2. The van der Waals surface area contributed by atoms with Crippen molar-refractivity contribution in [1.82, 2.24) is 9.88 Å². The van der Waals surface area contributed by atoms with E-state index in [1.807, 2.05) is 49.4 Å². The van der Waals surface area contributed by atoms with Crippen molar-refractivity contribution in [3.63, 3.8) is 0 Å². The summed E-state index contributed by atoms with van der Waals surface area (Å²) in [6.07, 6.45) is 6.51. The number of hydrogen-bond acceptors (Lipinski definition) is 5. The molecule has 1 aliphatic heterocycles. The fourth-order valence-corrected chi connectivity index (χ4v) is 4.18. The van der Waals surface area contributed by atoms with E-state index in [1.165, 1.54) is 6.08 Å². The number of aryl methyl sites for hydroxylation is 1. The van der Waals surface area contributed by atoms with Crippen LogP contribution >= 0.6 is 15.9 Å². The normalized spacial score (nSPS) is 14.1. The van der Waals surface area contributed by atoms with Gasteiger partial charge in [0.15, 0.2) is 0 Å². The topological polar surface area (TPSA) is 83.6 Å². The number of nitrogens with one attached hydrogen (secondary N) is 2. The second-order valence-electron chi connectivity index (χ2n) is 8.29. The fourth-order valence-electron chi connectivity index (χ4n) is 3.68. The van der Waals surface area contributed by atoms with Gasteiger partial charge in [-0.3, -0.25) is 19.5 Å². The number of amides is 2. The van der Waals surface area contributed by atoms with Crippen molar-refractivity contribution >= 4 is 45.2 Å². The van der Waals surface area contributed by atoms with Gasteiger partial charge in [-0.1, -0.05) is 34.1 Å². The largest absolute Gasteiger partial charge is 0.379 e. The lowest BCUT2D eigenvalue weighted by atomic mass is 10.1. The zero-order valence-corrected chi connectivity index (χ0v) is 21.0. The first-order chi connectivity index (χ1) is 17.0. The number of pyridine rings is 1. The van der Waals surface area contributed by atoms with Crippen molar-refractivity contribution in [3.8, 4) is 0 Å². The number of rotatable bonds is 7. The van der Waals surface area contributed by atoms with Crippen LogP contribution in [-0.2, 0) is 16.1 Å². The molecule has 2 N–H and O–H groups in total. The Morgan fingerprint density at radius 3 is 2.69 bits per heavy atom. The molecule has 0 atom stereocenters.